The summed E-state index contributed by atoms with van der Waals surface area (Å²) in [6.45, 7) is 17.0. The number of benzene rings is 1. The average molecular weight is 486 g/mol. The summed E-state index contributed by atoms with van der Waals surface area (Å²) in [7, 11) is 1.27. The third-order valence-electron chi connectivity index (χ3n) is 8.08. The van der Waals surface area contributed by atoms with Crippen molar-refractivity contribution in [1.82, 2.24) is 4.31 Å². The minimum atomic E-state index is -1.16. The first-order chi connectivity index (χ1) is 15.9. The van der Waals surface area contributed by atoms with Crippen molar-refractivity contribution in [3.8, 4) is 0 Å². The minimum Gasteiger partial charge on any atom is -0.376 e. The highest BCUT2D eigenvalue weighted by molar-refractivity contribution is 8.32. The van der Waals surface area contributed by atoms with Gasteiger partial charge in [0.2, 0.25) is 0 Å². The molecule has 1 aromatic rings. The zero-order valence-corrected chi connectivity index (χ0v) is 24.4. The summed E-state index contributed by atoms with van der Waals surface area (Å²) in [6.07, 6.45) is 16.1. The van der Waals surface area contributed by atoms with Crippen LogP contribution in [0.3, 0.4) is 0 Å². The van der Waals surface area contributed by atoms with Gasteiger partial charge in [0.05, 0.1) is 10.3 Å². The fourth-order valence-corrected chi connectivity index (χ4v) is 11.2. The van der Waals surface area contributed by atoms with E-state index in [1.807, 2.05) is 0 Å². The van der Waals surface area contributed by atoms with Crippen LogP contribution in [0, 0.1) is 0 Å². The molecule has 0 aromatic heterocycles. The van der Waals surface area contributed by atoms with E-state index in [2.05, 4.69) is 102 Å². The summed E-state index contributed by atoms with van der Waals surface area (Å²) in [5.41, 5.74) is 6.46. The van der Waals surface area contributed by atoms with Gasteiger partial charge >= 0.3 is 0 Å². The quantitative estimate of drug-likeness (QED) is 0.307. The second-order valence-corrected chi connectivity index (χ2v) is 16.1. The molecule has 2 unspecified atom stereocenters. The number of rotatable bonds is 10. The highest BCUT2D eigenvalue weighted by atomic mass is 32.3. The van der Waals surface area contributed by atoms with Crippen LogP contribution >= 0.6 is 10.2 Å². The van der Waals surface area contributed by atoms with Gasteiger partial charge in [0, 0.05) is 12.1 Å². The first-order valence-electron chi connectivity index (χ1n) is 13.5. The molecule has 2 aliphatic rings. The molecule has 2 atom stereocenters. The molecule has 0 fully saturated rings. The normalized spacial score (nSPS) is 23.1. The van der Waals surface area contributed by atoms with Crippen LogP contribution in [0.1, 0.15) is 105 Å². The Morgan fingerprint density at radius 1 is 1.00 bits per heavy atom. The van der Waals surface area contributed by atoms with E-state index < -0.39 is 10.2 Å². The standard InChI is InChI=1S/C31H51NOS/c1-10-31(27-21-15-13-19-25(27)26-20-14-16-22-28(26)31)34(9,32(8)29(2,3)4)24-18-12-11-17-23-33-30(5,6)7/h13-15,19-21H,10-12,16-18,22-24H2,1-9H3. The number of ether oxygens (including phenoxy) is 1. The lowest BCUT2D eigenvalue weighted by atomic mass is 9.88. The minimum absolute atomic E-state index is 0.0264. The summed E-state index contributed by atoms with van der Waals surface area (Å²) in [6, 6.07) is 9.34. The van der Waals surface area contributed by atoms with E-state index in [1.165, 1.54) is 61.8 Å². The molecule has 0 amide bonds. The topological polar surface area (TPSA) is 12.5 Å². The largest absolute Gasteiger partial charge is 0.376 e. The number of hydrogen-bond acceptors (Lipinski definition) is 2. The van der Waals surface area contributed by atoms with Gasteiger partial charge < -0.3 is 4.74 Å². The monoisotopic (exact) mass is 485 g/mol. The predicted molar refractivity (Wildman–Crippen MR) is 154 cm³/mol. The molecule has 0 spiro atoms. The van der Waals surface area contributed by atoms with Crippen molar-refractivity contribution < 1.29 is 4.74 Å². The Morgan fingerprint density at radius 3 is 2.32 bits per heavy atom. The van der Waals surface area contributed by atoms with Gasteiger partial charge in [-0.05, 0) is 115 Å². The predicted octanol–water partition coefficient (Wildman–Crippen LogP) is 8.86. The van der Waals surface area contributed by atoms with Gasteiger partial charge in [0.15, 0.2) is 0 Å². The van der Waals surface area contributed by atoms with Crippen LogP contribution in [0.2, 0.25) is 0 Å². The number of hydrogen-bond donors (Lipinski definition) is 0. The Hall–Kier alpha value is -1.03. The van der Waals surface area contributed by atoms with Crippen molar-refractivity contribution in [3.05, 3.63) is 53.1 Å². The molecule has 3 rings (SSSR count). The van der Waals surface area contributed by atoms with Gasteiger partial charge in [-0.1, -0.05) is 56.2 Å². The number of allylic oxidation sites excluding steroid dienone is 3. The van der Waals surface area contributed by atoms with Gasteiger partial charge in [0.1, 0.15) is 0 Å². The van der Waals surface area contributed by atoms with E-state index in [0.717, 1.165) is 6.61 Å². The summed E-state index contributed by atoms with van der Waals surface area (Å²) in [4.78, 5) is 0. The van der Waals surface area contributed by atoms with Crippen molar-refractivity contribution in [1.29, 1.82) is 0 Å². The van der Waals surface area contributed by atoms with Gasteiger partial charge in [-0.2, -0.15) is 10.2 Å². The first-order valence-corrected chi connectivity index (χ1v) is 15.7. The molecule has 0 aliphatic heterocycles. The highest BCUT2D eigenvalue weighted by Gasteiger charge is 2.55. The average Bonchev–Trinajstić information content (AvgIpc) is 3.07. The van der Waals surface area contributed by atoms with E-state index in [0.29, 0.717) is 0 Å². The Kier molecular flexibility index (Phi) is 8.53. The SMILES string of the molecule is CCC1(S(C)(CCCCCCOC(C)(C)C)N(C)C(C)(C)C)C2=C(C=CCC2)c2ccccc21. The Labute approximate surface area is 212 Å². The summed E-state index contributed by atoms with van der Waals surface area (Å²) in [5.74, 6) is 1.30. The lowest BCUT2D eigenvalue weighted by molar-refractivity contribution is -0.00470. The number of unbranched alkanes of at least 4 members (excludes halogenated alkanes) is 3. The third-order valence-corrected chi connectivity index (χ3v) is 13.2. The van der Waals surface area contributed by atoms with E-state index in [9.17, 15) is 0 Å². The van der Waals surface area contributed by atoms with Crippen LogP contribution < -0.4 is 0 Å². The van der Waals surface area contributed by atoms with Crippen LogP contribution in [0.5, 0.6) is 0 Å². The molecular formula is C31H51NOS. The molecule has 3 heteroatoms. The van der Waals surface area contributed by atoms with E-state index in [4.69, 9.17) is 4.74 Å². The fourth-order valence-electron chi connectivity index (χ4n) is 6.15. The molecule has 2 nitrogen and oxygen atoms in total. The summed E-state index contributed by atoms with van der Waals surface area (Å²) < 4.78 is 8.90. The van der Waals surface area contributed by atoms with Crippen molar-refractivity contribution in [3.63, 3.8) is 0 Å². The van der Waals surface area contributed by atoms with Crippen molar-refractivity contribution in [2.45, 2.75) is 109 Å². The summed E-state index contributed by atoms with van der Waals surface area (Å²) >= 11 is 0. The first kappa shape index (κ1) is 27.6. The molecule has 34 heavy (non-hydrogen) atoms. The Morgan fingerprint density at radius 2 is 1.68 bits per heavy atom. The molecule has 0 N–H and O–H groups in total. The smallest absolute Gasteiger partial charge is 0.0598 e. The van der Waals surface area contributed by atoms with Crippen molar-refractivity contribution >= 4 is 15.8 Å². The van der Waals surface area contributed by atoms with Crippen LogP contribution in [0.4, 0.5) is 0 Å². The van der Waals surface area contributed by atoms with Crippen molar-refractivity contribution in [2.75, 3.05) is 25.7 Å². The maximum atomic E-state index is 5.96. The fraction of sp³-hybridized carbons (Fsp3) is 0.677. The van der Waals surface area contributed by atoms with Crippen LogP contribution in [-0.4, -0.2) is 41.1 Å². The molecule has 192 valence electrons. The Bertz CT molecular complexity index is 903. The maximum Gasteiger partial charge on any atom is 0.0598 e. The van der Waals surface area contributed by atoms with E-state index in [-0.39, 0.29) is 15.9 Å². The van der Waals surface area contributed by atoms with Gasteiger partial charge in [-0.25, -0.2) is 0 Å². The molecule has 0 radical (unpaired) electrons. The zero-order valence-electron chi connectivity index (χ0n) is 23.6. The van der Waals surface area contributed by atoms with Crippen molar-refractivity contribution in [2.24, 2.45) is 0 Å². The molecular weight excluding hydrogens is 434 g/mol. The lowest BCUT2D eigenvalue weighted by Crippen LogP contribution is -2.49. The second kappa shape index (κ2) is 10.5. The van der Waals surface area contributed by atoms with E-state index >= 15 is 0 Å². The van der Waals surface area contributed by atoms with Crippen LogP contribution in [0.15, 0.2) is 42.0 Å². The molecule has 0 heterocycles. The molecule has 2 aliphatic carbocycles. The number of fused-ring (bicyclic) bond motifs is 2. The third kappa shape index (κ3) is 5.22. The Balaban J connectivity index is 1.92. The van der Waals surface area contributed by atoms with E-state index in [1.54, 1.807) is 11.1 Å². The van der Waals surface area contributed by atoms with Gasteiger partial charge in [0.25, 0.3) is 0 Å². The van der Waals surface area contributed by atoms with Crippen LogP contribution in [-0.2, 0) is 9.48 Å². The maximum absolute atomic E-state index is 5.96. The number of nitrogens with zero attached hydrogens (tertiary/aromatic N) is 1. The molecule has 0 bridgehead atoms. The highest BCUT2D eigenvalue weighted by Crippen LogP contribution is 2.74. The molecule has 0 saturated heterocycles. The molecule has 1 aromatic carbocycles. The van der Waals surface area contributed by atoms with Gasteiger partial charge in [-0.15, -0.1) is 0 Å². The molecule has 0 saturated carbocycles. The lowest BCUT2D eigenvalue weighted by Gasteiger charge is -2.62. The zero-order chi connectivity index (χ0) is 25.2. The second-order valence-electron chi connectivity index (χ2n) is 12.3. The van der Waals surface area contributed by atoms with Crippen LogP contribution in [0.25, 0.3) is 5.57 Å². The summed E-state index contributed by atoms with van der Waals surface area (Å²) in [5, 5.41) is 0. The van der Waals surface area contributed by atoms with Gasteiger partial charge in [-0.3, -0.25) is 4.31 Å².